The molecule has 1 saturated heterocycles. The van der Waals surface area contributed by atoms with E-state index in [0.717, 1.165) is 13.0 Å². The number of ether oxygens (including phenoxy) is 1. The zero-order valence-corrected chi connectivity index (χ0v) is 8.93. The van der Waals surface area contributed by atoms with Crippen LogP contribution in [-0.2, 0) is 4.74 Å². The highest BCUT2D eigenvalue weighted by Gasteiger charge is 2.21. The Morgan fingerprint density at radius 3 is 3.21 bits per heavy atom. The molecule has 0 spiro atoms. The normalized spacial score (nSPS) is 23.9. The maximum atomic E-state index is 5.59. The number of rotatable bonds is 4. The van der Waals surface area contributed by atoms with Gasteiger partial charge in [0.2, 0.25) is 0 Å². The summed E-state index contributed by atoms with van der Waals surface area (Å²) >= 11 is 1.70. The van der Waals surface area contributed by atoms with Crippen molar-refractivity contribution in [3.8, 4) is 0 Å². The summed E-state index contributed by atoms with van der Waals surface area (Å²) in [6, 6.07) is 2.36. The van der Waals surface area contributed by atoms with Crippen LogP contribution in [0.15, 0.2) is 16.8 Å². The molecule has 0 saturated carbocycles. The Morgan fingerprint density at radius 1 is 1.71 bits per heavy atom. The number of nitrogens with two attached hydrogens (primary N) is 1. The first-order valence-electron chi connectivity index (χ1n) is 5.00. The first-order valence-corrected chi connectivity index (χ1v) is 5.94. The number of hydrazine groups is 1. The molecular weight excluding hydrogens is 196 g/mol. The molecule has 0 amide bonds. The fraction of sp³-hybridized carbons (Fsp3) is 0.600. The minimum atomic E-state index is 0.240. The molecule has 0 bridgehead atoms. The van der Waals surface area contributed by atoms with Gasteiger partial charge >= 0.3 is 0 Å². The molecule has 2 heterocycles. The third-order valence-electron chi connectivity index (χ3n) is 2.67. The maximum Gasteiger partial charge on any atom is 0.0594 e. The standard InChI is InChI=1S/C10H16N2OS/c11-12-10(8-3-5-14-7-8)6-9-2-1-4-13-9/h3,5,7,9-10,12H,1-2,4,6,11H2. The van der Waals surface area contributed by atoms with Crippen LogP contribution in [0.2, 0.25) is 0 Å². The summed E-state index contributed by atoms with van der Waals surface area (Å²) in [7, 11) is 0. The number of hydrogen-bond acceptors (Lipinski definition) is 4. The second-order valence-electron chi connectivity index (χ2n) is 3.65. The van der Waals surface area contributed by atoms with Crippen LogP contribution in [0, 0.1) is 0 Å². The highest BCUT2D eigenvalue weighted by molar-refractivity contribution is 7.07. The zero-order valence-electron chi connectivity index (χ0n) is 8.11. The first kappa shape index (κ1) is 10.1. The molecule has 1 fully saturated rings. The van der Waals surface area contributed by atoms with Gasteiger partial charge in [-0.2, -0.15) is 11.3 Å². The van der Waals surface area contributed by atoms with E-state index < -0.39 is 0 Å². The molecular formula is C10H16N2OS. The van der Waals surface area contributed by atoms with E-state index in [-0.39, 0.29) is 6.04 Å². The van der Waals surface area contributed by atoms with E-state index in [1.54, 1.807) is 11.3 Å². The van der Waals surface area contributed by atoms with Crippen LogP contribution in [0.1, 0.15) is 30.9 Å². The predicted octanol–water partition coefficient (Wildman–Crippen LogP) is 1.82. The fourth-order valence-corrected chi connectivity index (χ4v) is 2.58. The van der Waals surface area contributed by atoms with Crippen LogP contribution < -0.4 is 11.3 Å². The van der Waals surface area contributed by atoms with E-state index in [0.29, 0.717) is 6.10 Å². The summed E-state index contributed by atoms with van der Waals surface area (Å²) in [5.41, 5.74) is 4.13. The third kappa shape index (κ3) is 2.33. The van der Waals surface area contributed by atoms with Gasteiger partial charge in [0.25, 0.3) is 0 Å². The Balaban J connectivity index is 1.93. The third-order valence-corrected chi connectivity index (χ3v) is 3.37. The predicted molar refractivity (Wildman–Crippen MR) is 58.0 cm³/mol. The van der Waals surface area contributed by atoms with E-state index in [1.807, 2.05) is 0 Å². The van der Waals surface area contributed by atoms with Crippen molar-refractivity contribution in [3.63, 3.8) is 0 Å². The van der Waals surface area contributed by atoms with Crippen LogP contribution in [-0.4, -0.2) is 12.7 Å². The average Bonchev–Trinajstić information content (AvgIpc) is 2.86. The lowest BCUT2D eigenvalue weighted by Crippen LogP contribution is -2.30. The Kier molecular flexibility index (Phi) is 3.53. The van der Waals surface area contributed by atoms with Gasteiger partial charge in [-0.1, -0.05) is 0 Å². The molecule has 1 aliphatic rings. The van der Waals surface area contributed by atoms with Crippen molar-refractivity contribution in [1.29, 1.82) is 0 Å². The van der Waals surface area contributed by atoms with Gasteiger partial charge < -0.3 is 4.74 Å². The van der Waals surface area contributed by atoms with Crippen LogP contribution in [0.3, 0.4) is 0 Å². The van der Waals surface area contributed by atoms with Crippen molar-refractivity contribution in [1.82, 2.24) is 5.43 Å². The van der Waals surface area contributed by atoms with Gasteiger partial charge in [-0.3, -0.25) is 11.3 Å². The van der Waals surface area contributed by atoms with Gasteiger partial charge in [-0.25, -0.2) is 0 Å². The molecule has 2 unspecified atom stereocenters. The molecule has 0 radical (unpaired) electrons. The first-order chi connectivity index (χ1) is 6.90. The average molecular weight is 212 g/mol. The van der Waals surface area contributed by atoms with Gasteiger partial charge in [-0.15, -0.1) is 0 Å². The highest BCUT2D eigenvalue weighted by atomic mass is 32.1. The summed E-state index contributed by atoms with van der Waals surface area (Å²) < 4.78 is 5.59. The van der Waals surface area contributed by atoms with Gasteiger partial charge in [0.05, 0.1) is 6.10 Å². The molecule has 4 heteroatoms. The fourth-order valence-electron chi connectivity index (χ4n) is 1.87. The van der Waals surface area contributed by atoms with E-state index in [1.165, 1.54) is 18.4 Å². The summed E-state index contributed by atoms with van der Waals surface area (Å²) in [5.74, 6) is 5.54. The van der Waals surface area contributed by atoms with E-state index in [4.69, 9.17) is 10.6 Å². The van der Waals surface area contributed by atoms with Crippen LogP contribution in [0.4, 0.5) is 0 Å². The molecule has 78 valence electrons. The van der Waals surface area contributed by atoms with Crippen LogP contribution in [0.25, 0.3) is 0 Å². The van der Waals surface area contributed by atoms with Gasteiger partial charge in [0, 0.05) is 12.6 Å². The minimum absolute atomic E-state index is 0.240. The second-order valence-corrected chi connectivity index (χ2v) is 4.43. The Hall–Kier alpha value is -0.420. The van der Waals surface area contributed by atoms with Crippen molar-refractivity contribution < 1.29 is 4.74 Å². The lowest BCUT2D eigenvalue weighted by Gasteiger charge is -2.18. The molecule has 3 nitrogen and oxygen atoms in total. The summed E-state index contributed by atoms with van der Waals surface area (Å²) in [5, 5.41) is 4.22. The molecule has 2 rings (SSSR count). The number of thiophene rings is 1. The van der Waals surface area contributed by atoms with Crippen molar-refractivity contribution in [2.45, 2.75) is 31.4 Å². The largest absolute Gasteiger partial charge is 0.378 e. The van der Waals surface area contributed by atoms with Gasteiger partial charge in [0.15, 0.2) is 0 Å². The molecule has 1 aromatic rings. The Bertz CT molecular complexity index is 257. The second kappa shape index (κ2) is 4.89. The molecule has 3 N–H and O–H groups in total. The van der Waals surface area contributed by atoms with Gasteiger partial charge in [0.1, 0.15) is 0 Å². The Labute approximate surface area is 88.2 Å². The topological polar surface area (TPSA) is 47.3 Å². The lowest BCUT2D eigenvalue weighted by atomic mass is 10.0. The Morgan fingerprint density at radius 2 is 2.64 bits per heavy atom. The van der Waals surface area contributed by atoms with E-state index in [9.17, 15) is 0 Å². The lowest BCUT2D eigenvalue weighted by molar-refractivity contribution is 0.0946. The molecule has 2 atom stereocenters. The quantitative estimate of drug-likeness (QED) is 0.591. The molecule has 14 heavy (non-hydrogen) atoms. The van der Waals surface area contributed by atoms with Crippen molar-refractivity contribution in [2.24, 2.45) is 5.84 Å². The monoisotopic (exact) mass is 212 g/mol. The maximum absolute atomic E-state index is 5.59. The summed E-state index contributed by atoms with van der Waals surface area (Å²) in [4.78, 5) is 0. The number of hydrogen-bond donors (Lipinski definition) is 2. The summed E-state index contributed by atoms with van der Waals surface area (Å²) in [6.07, 6.45) is 3.72. The zero-order chi connectivity index (χ0) is 9.80. The SMILES string of the molecule is NNC(CC1CCCO1)c1ccsc1. The molecule has 1 aliphatic heterocycles. The molecule has 0 aliphatic carbocycles. The van der Waals surface area contributed by atoms with E-state index in [2.05, 4.69) is 22.3 Å². The van der Waals surface area contributed by atoms with E-state index >= 15 is 0 Å². The van der Waals surface area contributed by atoms with Crippen LogP contribution >= 0.6 is 11.3 Å². The minimum Gasteiger partial charge on any atom is -0.378 e. The van der Waals surface area contributed by atoms with Crippen molar-refractivity contribution in [3.05, 3.63) is 22.4 Å². The highest BCUT2D eigenvalue weighted by Crippen LogP contribution is 2.25. The number of nitrogens with one attached hydrogen (secondary N) is 1. The van der Waals surface area contributed by atoms with Crippen molar-refractivity contribution >= 4 is 11.3 Å². The molecule has 1 aromatic heterocycles. The smallest absolute Gasteiger partial charge is 0.0594 e. The summed E-state index contributed by atoms with van der Waals surface area (Å²) in [6.45, 7) is 0.908. The van der Waals surface area contributed by atoms with Crippen LogP contribution in [0.5, 0.6) is 0 Å². The van der Waals surface area contributed by atoms with Crippen molar-refractivity contribution in [2.75, 3.05) is 6.61 Å². The molecule has 0 aromatic carbocycles. The van der Waals surface area contributed by atoms with Gasteiger partial charge in [-0.05, 0) is 41.7 Å².